The summed E-state index contributed by atoms with van der Waals surface area (Å²) in [4.78, 5) is 0. The Morgan fingerprint density at radius 2 is 2.05 bits per heavy atom. The molecule has 3 aromatic rings. The van der Waals surface area contributed by atoms with E-state index in [1.807, 2.05) is 24.3 Å². The lowest BCUT2D eigenvalue weighted by atomic mass is 10.0. The second kappa shape index (κ2) is 3.93. The number of hydrogen-bond acceptors (Lipinski definition) is 4. The van der Waals surface area contributed by atoms with Crippen LogP contribution in [0.15, 0.2) is 40.8 Å². The van der Waals surface area contributed by atoms with Gasteiger partial charge in [-0.05, 0) is 24.3 Å². The van der Waals surface area contributed by atoms with Gasteiger partial charge in [0.1, 0.15) is 35.2 Å². The highest BCUT2D eigenvalue weighted by Crippen LogP contribution is 2.44. The van der Waals surface area contributed by atoms with Crippen LogP contribution >= 0.6 is 0 Å². The predicted molar refractivity (Wildman–Crippen MR) is 74.2 cm³/mol. The van der Waals surface area contributed by atoms with Crippen molar-refractivity contribution < 1.29 is 19.0 Å². The normalized spacial score (nSPS) is 12.7. The van der Waals surface area contributed by atoms with Gasteiger partial charge in [-0.25, -0.2) is 0 Å². The number of phenols is 1. The summed E-state index contributed by atoms with van der Waals surface area (Å²) in [7, 11) is 1.62. The van der Waals surface area contributed by atoms with E-state index in [2.05, 4.69) is 0 Å². The molecule has 0 saturated heterocycles. The summed E-state index contributed by atoms with van der Waals surface area (Å²) < 4.78 is 16.9. The third-order valence-corrected chi connectivity index (χ3v) is 3.58. The Morgan fingerprint density at radius 1 is 1.15 bits per heavy atom. The van der Waals surface area contributed by atoms with Gasteiger partial charge in [0.2, 0.25) is 0 Å². The molecule has 2 heterocycles. The molecule has 0 aliphatic carbocycles. The van der Waals surface area contributed by atoms with Crippen LogP contribution in [0.5, 0.6) is 17.2 Å². The molecule has 1 N–H and O–H groups in total. The quantitative estimate of drug-likeness (QED) is 0.731. The number of aromatic hydroxyl groups is 1. The summed E-state index contributed by atoms with van der Waals surface area (Å²) in [5.74, 6) is 2.50. The zero-order valence-corrected chi connectivity index (χ0v) is 10.8. The Hall–Kier alpha value is -2.62. The Morgan fingerprint density at radius 3 is 2.90 bits per heavy atom. The van der Waals surface area contributed by atoms with Crippen LogP contribution in [0.1, 0.15) is 5.56 Å². The fourth-order valence-electron chi connectivity index (χ4n) is 2.59. The van der Waals surface area contributed by atoms with E-state index >= 15 is 0 Å². The molecule has 1 aliphatic heterocycles. The summed E-state index contributed by atoms with van der Waals surface area (Å²) in [5.41, 5.74) is 2.59. The molecule has 2 aromatic carbocycles. The summed E-state index contributed by atoms with van der Waals surface area (Å²) in [6.07, 6.45) is 0. The molecular weight excluding hydrogens is 256 g/mol. The van der Waals surface area contributed by atoms with E-state index in [4.69, 9.17) is 13.9 Å². The molecule has 0 saturated carbocycles. The monoisotopic (exact) mass is 268 g/mol. The minimum atomic E-state index is 0.194. The summed E-state index contributed by atoms with van der Waals surface area (Å²) in [6, 6.07) is 10.8. The molecule has 0 bridgehead atoms. The molecule has 4 rings (SSSR count). The highest BCUT2D eigenvalue weighted by molar-refractivity contribution is 5.90. The Bertz CT molecular complexity index is 817. The first-order chi connectivity index (χ1) is 9.76. The van der Waals surface area contributed by atoms with Crippen molar-refractivity contribution in [1.29, 1.82) is 0 Å². The first-order valence-electron chi connectivity index (χ1n) is 6.32. The van der Waals surface area contributed by atoms with Gasteiger partial charge in [0.25, 0.3) is 0 Å². The Balaban J connectivity index is 1.98. The van der Waals surface area contributed by atoms with Gasteiger partial charge in [0.15, 0.2) is 0 Å². The molecule has 0 spiro atoms. The van der Waals surface area contributed by atoms with Gasteiger partial charge in [-0.1, -0.05) is 0 Å². The lowest BCUT2D eigenvalue weighted by Gasteiger charge is -2.17. The van der Waals surface area contributed by atoms with Crippen molar-refractivity contribution in [2.24, 2.45) is 0 Å². The van der Waals surface area contributed by atoms with E-state index in [-0.39, 0.29) is 5.75 Å². The molecule has 1 aromatic heterocycles. The highest BCUT2D eigenvalue weighted by Gasteiger charge is 2.24. The van der Waals surface area contributed by atoms with Crippen molar-refractivity contribution in [3.8, 4) is 28.6 Å². The summed E-state index contributed by atoms with van der Waals surface area (Å²) in [5, 5.41) is 10.5. The van der Waals surface area contributed by atoms with Gasteiger partial charge < -0.3 is 19.0 Å². The maximum Gasteiger partial charge on any atom is 0.145 e. The van der Waals surface area contributed by atoms with Crippen LogP contribution in [-0.2, 0) is 6.61 Å². The van der Waals surface area contributed by atoms with E-state index in [9.17, 15) is 5.11 Å². The molecule has 0 atom stereocenters. The van der Waals surface area contributed by atoms with Crippen LogP contribution in [0.4, 0.5) is 0 Å². The third-order valence-electron chi connectivity index (χ3n) is 3.58. The van der Waals surface area contributed by atoms with Crippen LogP contribution in [0, 0.1) is 0 Å². The molecule has 0 radical (unpaired) electrons. The first-order valence-corrected chi connectivity index (χ1v) is 6.32. The van der Waals surface area contributed by atoms with Crippen LogP contribution in [0.3, 0.4) is 0 Å². The van der Waals surface area contributed by atoms with Crippen molar-refractivity contribution in [2.45, 2.75) is 6.61 Å². The molecule has 4 nitrogen and oxygen atoms in total. The number of benzene rings is 2. The van der Waals surface area contributed by atoms with Gasteiger partial charge in [0, 0.05) is 23.1 Å². The SMILES string of the molecule is COc1ccc2c(c1)OCc1c-2oc2cc(O)ccc12. The highest BCUT2D eigenvalue weighted by atomic mass is 16.5. The van der Waals surface area contributed by atoms with Crippen molar-refractivity contribution in [3.05, 3.63) is 42.0 Å². The van der Waals surface area contributed by atoms with Crippen LogP contribution in [0.2, 0.25) is 0 Å². The number of phenolic OH excluding ortho intramolecular Hbond substituents is 1. The lowest BCUT2D eigenvalue weighted by Crippen LogP contribution is -2.03. The molecular formula is C16H12O4. The second-order valence-electron chi connectivity index (χ2n) is 4.74. The maximum atomic E-state index is 9.55. The number of hydrogen-bond donors (Lipinski definition) is 1. The van der Waals surface area contributed by atoms with Gasteiger partial charge in [-0.2, -0.15) is 0 Å². The Labute approximate surface area is 115 Å². The maximum absolute atomic E-state index is 9.55. The third kappa shape index (κ3) is 1.48. The number of rotatable bonds is 1. The van der Waals surface area contributed by atoms with Crippen molar-refractivity contribution in [1.82, 2.24) is 0 Å². The first kappa shape index (κ1) is 11.2. The van der Waals surface area contributed by atoms with Crippen molar-refractivity contribution >= 4 is 11.0 Å². The van der Waals surface area contributed by atoms with Crippen molar-refractivity contribution in [2.75, 3.05) is 7.11 Å². The Kier molecular flexibility index (Phi) is 2.21. The molecule has 1 aliphatic rings. The van der Waals surface area contributed by atoms with Gasteiger partial charge in [-0.3, -0.25) is 0 Å². The molecule has 4 heteroatoms. The minimum Gasteiger partial charge on any atom is -0.508 e. The molecule has 0 amide bonds. The lowest BCUT2D eigenvalue weighted by molar-refractivity contribution is 0.298. The second-order valence-corrected chi connectivity index (χ2v) is 4.74. The zero-order chi connectivity index (χ0) is 13.7. The molecule has 100 valence electrons. The topological polar surface area (TPSA) is 51.8 Å². The number of furan rings is 1. The zero-order valence-electron chi connectivity index (χ0n) is 10.8. The number of methoxy groups -OCH3 is 1. The summed E-state index contributed by atoms with van der Waals surface area (Å²) in [6.45, 7) is 0.452. The van der Waals surface area contributed by atoms with Crippen LogP contribution in [0.25, 0.3) is 22.3 Å². The van der Waals surface area contributed by atoms with E-state index in [1.165, 1.54) is 0 Å². The molecule has 0 fully saturated rings. The predicted octanol–water partition coefficient (Wildman–Crippen LogP) is 3.71. The largest absolute Gasteiger partial charge is 0.508 e. The standard InChI is InChI=1S/C16H12O4/c1-18-10-3-5-12-14(7-10)19-8-13-11-4-2-9(17)6-15(11)20-16(12)13/h2-7,17H,8H2,1H3. The smallest absolute Gasteiger partial charge is 0.145 e. The number of ether oxygens (including phenoxy) is 2. The van der Waals surface area contributed by atoms with E-state index in [0.29, 0.717) is 12.2 Å². The summed E-state index contributed by atoms with van der Waals surface area (Å²) >= 11 is 0. The minimum absolute atomic E-state index is 0.194. The van der Waals surface area contributed by atoms with Gasteiger partial charge in [0.05, 0.1) is 12.7 Å². The van der Waals surface area contributed by atoms with E-state index in [1.54, 1.807) is 19.2 Å². The van der Waals surface area contributed by atoms with Crippen LogP contribution < -0.4 is 9.47 Å². The molecule has 20 heavy (non-hydrogen) atoms. The average molecular weight is 268 g/mol. The van der Waals surface area contributed by atoms with Gasteiger partial charge >= 0.3 is 0 Å². The fraction of sp³-hybridized carbons (Fsp3) is 0.125. The van der Waals surface area contributed by atoms with Crippen LogP contribution in [-0.4, -0.2) is 12.2 Å². The average Bonchev–Trinajstić information content (AvgIpc) is 2.84. The van der Waals surface area contributed by atoms with Crippen molar-refractivity contribution in [3.63, 3.8) is 0 Å². The van der Waals surface area contributed by atoms with E-state index in [0.717, 1.165) is 33.8 Å². The molecule has 0 unspecified atom stereocenters. The number of fused-ring (bicyclic) bond motifs is 5. The fourth-order valence-corrected chi connectivity index (χ4v) is 2.59. The van der Waals surface area contributed by atoms with E-state index < -0.39 is 0 Å². The van der Waals surface area contributed by atoms with Gasteiger partial charge in [-0.15, -0.1) is 0 Å².